The van der Waals surface area contributed by atoms with Crippen LogP contribution in [0.25, 0.3) is 0 Å². The molecule has 0 aliphatic rings. The number of nitrogens with zero attached hydrogens (tertiary/aromatic N) is 2. The predicted molar refractivity (Wildman–Crippen MR) is 99.4 cm³/mol. The minimum Gasteiger partial charge on any atom is -0.357 e. The number of guanidine groups is 1. The van der Waals surface area contributed by atoms with Gasteiger partial charge in [0.2, 0.25) is 5.91 Å². The van der Waals surface area contributed by atoms with Gasteiger partial charge >= 0.3 is 0 Å². The first-order valence-electron chi connectivity index (χ1n) is 8.24. The SMILES string of the molecule is CCNC(=NCCc1ccc(Cl)nc1)NCCNC(=O)C(C)(C)C. The molecule has 1 amide bonds. The maximum atomic E-state index is 11.8. The number of carbonyl (C=O) groups is 1. The van der Waals surface area contributed by atoms with Crippen LogP contribution in [0.4, 0.5) is 0 Å². The molecule has 0 unspecified atom stereocenters. The van der Waals surface area contributed by atoms with Gasteiger partial charge in [0.05, 0.1) is 0 Å². The van der Waals surface area contributed by atoms with Crippen LogP contribution in [0.15, 0.2) is 23.3 Å². The number of amides is 1. The van der Waals surface area contributed by atoms with Crippen molar-refractivity contribution >= 4 is 23.5 Å². The largest absolute Gasteiger partial charge is 0.357 e. The van der Waals surface area contributed by atoms with Crippen LogP contribution in [0.5, 0.6) is 0 Å². The molecule has 1 heterocycles. The second-order valence-corrected chi connectivity index (χ2v) is 6.82. The van der Waals surface area contributed by atoms with Crippen molar-refractivity contribution in [2.45, 2.75) is 34.1 Å². The summed E-state index contributed by atoms with van der Waals surface area (Å²) >= 11 is 5.77. The third kappa shape index (κ3) is 8.15. The molecule has 0 radical (unpaired) electrons. The first-order valence-corrected chi connectivity index (χ1v) is 8.61. The van der Waals surface area contributed by atoms with E-state index in [0.29, 0.717) is 24.8 Å². The Labute approximate surface area is 149 Å². The average molecular weight is 354 g/mol. The lowest BCUT2D eigenvalue weighted by Crippen LogP contribution is -2.43. The zero-order valence-corrected chi connectivity index (χ0v) is 15.7. The number of nitrogens with one attached hydrogen (secondary N) is 3. The zero-order valence-electron chi connectivity index (χ0n) is 14.9. The highest BCUT2D eigenvalue weighted by atomic mass is 35.5. The van der Waals surface area contributed by atoms with Crippen LogP contribution in [0.2, 0.25) is 5.15 Å². The lowest BCUT2D eigenvalue weighted by Gasteiger charge is -2.18. The maximum Gasteiger partial charge on any atom is 0.225 e. The van der Waals surface area contributed by atoms with E-state index in [9.17, 15) is 4.79 Å². The van der Waals surface area contributed by atoms with Crippen molar-refractivity contribution < 1.29 is 4.79 Å². The van der Waals surface area contributed by atoms with E-state index in [1.165, 1.54) is 0 Å². The Morgan fingerprint density at radius 1 is 1.21 bits per heavy atom. The summed E-state index contributed by atoms with van der Waals surface area (Å²) in [7, 11) is 0. The van der Waals surface area contributed by atoms with Crippen LogP contribution in [0, 0.1) is 5.41 Å². The first-order chi connectivity index (χ1) is 11.3. The minimum absolute atomic E-state index is 0.0430. The van der Waals surface area contributed by atoms with Gasteiger partial charge in [-0.1, -0.05) is 38.4 Å². The van der Waals surface area contributed by atoms with Crippen molar-refractivity contribution in [3.05, 3.63) is 29.0 Å². The quantitative estimate of drug-likeness (QED) is 0.303. The van der Waals surface area contributed by atoms with Gasteiger partial charge in [0, 0.05) is 37.8 Å². The molecule has 0 aliphatic heterocycles. The van der Waals surface area contributed by atoms with Crippen molar-refractivity contribution in [1.82, 2.24) is 20.9 Å². The number of aromatic nitrogens is 1. The Hall–Kier alpha value is -1.82. The molecule has 0 aromatic carbocycles. The zero-order chi connectivity index (χ0) is 18.0. The smallest absolute Gasteiger partial charge is 0.225 e. The Morgan fingerprint density at radius 2 is 1.92 bits per heavy atom. The van der Waals surface area contributed by atoms with Crippen molar-refractivity contribution in [3.8, 4) is 0 Å². The van der Waals surface area contributed by atoms with Gasteiger partial charge in [-0.2, -0.15) is 0 Å². The molecule has 134 valence electrons. The molecule has 0 aliphatic carbocycles. The number of pyridine rings is 1. The van der Waals surface area contributed by atoms with Crippen LogP contribution in [0.1, 0.15) is 33.3 Å². The maximum absolute atomic E-state index is 11.8. The predicted octanol–water partition coefficient (Wildman–Crippen LogP) is 1.99. The van der Waals surface area contributed by atoms with Gasteiger partial charge in [0.1, 0.15) is 5.15 Å². The fourth-order valence-corrected chi connectivity index (χ4v) is 1.93. The van der Waals surface area contributed by atoms with Crippen molar-refractivity contribution in [2.24, 2.45) is 10.4 Å². The molecule has 0 spiro atoms. The number of hydrogen-bond donors (Lipinski definition) is 3. The monoisotopic (exact) mass is 353 g/mol. The van der Waals surface area contributed by atoms with Gasteiger partial charge in [-0.05, 0) is 25.0 Å². The molecular formula is C17H28ClN5O. The summed E-state index contributed by atoms with van der Waals surface area (Å²) in [4.78, 5) is 20.4. The van der Waals surface area contributed by atoms with E-state index >= 15 is 0 Å². The van der Waals surface area contributed by atoms with E-state index in [-0.39, 0.29) is 11.3 Å². The summed E-state index contributed by atoms with van der Waals surface area (Å²) in [5.74, 6) is 0.783. The molecule has 0 saturated carbocycles. The highest BCUT2D eigenvalue weighted by Crippen LogP contribution is 2.11. The van der Waals surface area contributed by atoms with Gasteiger partial charge < -0.3 is 16.0 Å². The fraction of sp³-hybridized carbons (Fsp3) is 0.588. The van der Waals surface area contributed by atoms with Crippen LogP contribution < -0.4 is 16.0 Å². The van der Waals surface area contributed by atoms with E-state index in [1.54, 1.807) is 12.3 Å². The van der Waals surface area contributed by atoms with Crippen molar-refractivity contribution in [1.29, 1.82) is 0 Å². The molecule has 3 N–H and O–H groups in total. The van der Waals surface area contributed by atoms with Crippen LogP contribution in [0.3, 0.4) is 0 Å². The Bertz CT molecular complexity index is 537. The Morgan fingerprint density at radius 3 is 2.50 bits per heavy atom. The molecule has 24 heavy (non-hydrogen) atoms. The van der Waals surface area contributed by atoms with Crippen molar-refractivity contribution in [3.63, 3.8) is 0 Å². The lowest BCUT2D eigenvalue weighted by molar-refractivity contribution is -0.128. The standard InChI is InChI=1S/C17H28ClN5O/c1-5-19-16(22-11-10-20-15(24)17(2,3)4)21-9-8-13-6-7-14(18)23-12-13/h6-7,12H,5,8-11H2,1-4H3,(H,20,24)(H2,19,21,22). The summed E-state index contributed by atoms with van der Waals surface area (Å²) in [6, 6.07) is 3.73. The lowest BCUT2D eigenvalue weighted by atomic mass is 9.96. The summed E-state index contributed by atoms with van der Waals surface area (Å²) in [5, 5.41) is 9.79. The van der Waals surface area contributed by atoms with Crippen LogP contribution in [-0.4, -0.2) is 43.0 Å². The Kier molecular flexibility index (Phi) is 8.54. The first kappa shape index (κ1) is 20.2. The molecule has 1 aromatic rings. The fourth-order valence-electron chi connectivity index (χ4n) is 1.81. The highest BCUT2D eigenvalue weighted by Gasteiger charge is 2.20. The third-order valence-electron chi connectivity index (χ3n) is 3.19. The number of carbonyl (C=O) groups excluding carboxylic acids is 1. The molecule has 6 nitrogen and oxygen atoms in total. The van der Waals surface area contributed by atoms with E-state index in [0.717, 1.165) is 24.5 Å². The van der Waals surface area contributed by atoms with E-state index in [2.05, 4.69) is 25.9 Å². The van der Waals surface area contributed by atoms with Gasteiger partial charge in [0.15, 0.2) is 5.96 Å². The van der Waals surface area contributed by atoms with Gasteiger partial charge in [0.25, 0.3) is 0 Å². The summed E-state index contributed by atoms with van der Waals surface area (Å²) in [5.41, 5.74) is 0.724. The number of rotatable bonds is 7. The van der Waals surface area contributed by atoms with E-state index < -0.39 is 0 Å². The molecule has 0 atom stereocenters. The van der Waals surface area contributed by atoms with Gasteiger partial charge in [-0.3, -0.25) is 9.79 Å². The molecule has 0 saturated heterocycles. The molecule has 7 heteroatoms. The van der Waals surface area contributed by atoms with Gasteiger partial charge in [-0.25, -0.2) is 4.98 Å². The molecular weight excluding hydrogens is 326 g/mol. The van der Waals surface area contributed by atoms with E-state index in [4.69, 9.17) is 11.6 Å². The van der Waals surface area contributed by atoms with E-state index in [1.807, 2.05) is 33.8 Å². The highest BCUT2D eigenvalue weighted by molar-refractivity contribution is 6.29. The van der Waals surface area contributed by atoms with Crippen LogP contribution >= 0.6 is 11.6 Å². The molecule has 0 bridgehead atoms. The number of halogens is 1. The number of aliphatic imine (C=N–C) groups is 1. The second-order valence-electron chi connectivity index (χ2n) is 6.43. The average Bonchev–Trinajstić information content (AvgIpc) is 2.52. The summed E-state index contributed by atoms with van der Waals surface area (Å²) in [6.07, 6.45) is 2.56. The number of hydrogen-bond acceptors (Lipinski definition) is 3. The minimum atomic E-state index is -0.370. The molecule has 1 rings (SSSR count). The second kappa shape index (κ2) is 10.1. The molecule has 1 aromatic heterocycles. The van der Waals surface area contributed by atoms with Crippen molar-refractivity contribution in [2.75, 3.05) is 26.2 Å². The summed E-state index contributed by atoms with van der Waals surface area (Å²) in [6.45, 7) is 10.3. The van der Waals surface area contributed by atoms with Crippen LogP contribution in [-0.2, 0) is 11.2 Å². The Balaban J connectivity index is 2.37. The normalized spacial score (nSPS) is 12.0. The third-order valence-corrected chi connectivity index (χ3v) is 3.41. The summed E-state index contributed by atoms with van der Waals surface area (Å²) < 4.78 is 0. The van der Waals surface area contributed by atoms with Gasteiger partial charge in [-0.15, -0.1) is 0 Å². The topological polar surface area (TPSA) is 78.4 Å². The molecule has 0 fully saturated rings.